The van der Waals surface area contributed by atoms with Crippen molar-refractivity contribution in [3.05, 3.63) is 28.8 Å². The predicted octanol–water partition coefficient (Wildman–Crippen LogP) is 2.71. The van der Waals surface area contributed by atoms with Crippen molar-refractivity contribution in [2.45, 2.75) is 19.1 Å². The normalized spacial score (nSPS) is 12.4. The monoisotopic (exact) mass is 319 g/mol. The van der Waals surface area contributed by atoms with Gasteiger partial charge >= 0.3 is 6.18 Å². The van der Waals surface area contributed by atoms with Gasteiger partial charge in [0.25, 0.3) is 0 Å². The first-order valence-electron chi connectivity index (χ1n) is 5.94. The molecule has 0 heterocycles. The average Bonchev–Trinajstić information content (AvgIpc) is 2.42. The molecule has 1 N–H and O–H groups in total. The second-order valence-electron chi connectivity index (χ2n) is 4.31. The summed E-state index contributed by atoms with van der Waals surface area (Å²) in [6.45, 7) is 0.0560. The van der Waals surface area contributed by atoms with Crippen molar-refractivity contribution < 1.29 is 18.0 Å². The van der Waals surface area contributed by atoms with Crippen LogP contribution in [0.1, 0.15) is 12.5 Å². The minimum atomic E-state index is -4.48. The summed E-state index contributed by atoms with van der Waals surface area (Å²) in [4.78, 5) is 12.5. The van der Waals surface area contributed by atoms with Gasteiger partial charge in [0.05, 0.1) is 10.6 Å². The van der Waals surface area contributed by atoms with E-state index in [0.29, 0.717) is 0 Å². The quantitative estimate of drug-likeness (QED) is 0.928. The van der Waals surface area contributed by atoms with Crippen molar-refractivity contribution >= 4 is 23.2 Å². The van der Waals surface area contributed by atoms with Crippen molar-refractivity contribution in [3.63, 3.8) is 0 Å². The third-order valence-corrected chi connectivity index (χ3v) is 3.16. The second kappa shape index (κ2) is 6.68. The van der Waals surface area contributed by atoms with E-state index < -0.39 is 24.7 Å². The molecule has 0 saturated carbocycles. The number of anilines is 1. The van der Waals surface area contributed by atoms with E-state index >= 15 is 0 Å². The lowest BCUT2D eigenvalue weighted by Crippen LogP contribution is -2.48. The van der Waals surface area contributed by atoms with E-state index in [-0.39, 0.29) is 16.3 Å². The van der Waals surface area contributed by atoms with Crippen molar-refractivity contribution in [1.29, 1.82) is 5.26 Å². The van der Waals surface area contributed by atoms with Crippen molar-refractivity contribution in [2.75, 3.05) is 18.5 Å². The Labute approximate surface area is 125 Å². The summed E-state index contributed by atoms with van der Waals surface area (Å²) in [5.74, 6) is -0.556. The third-order valence-electron chi connectivity index (χ3n) is 2.85. The van der Waals surface area contributed by atoms with Gasteiger partial charge in [0.2, 0.25) is 5.91 Å². The Kier molecular flexibility index (Phi) is 5.44. The molecule has 8 heteroatoms. The molecule has 0 aliphatic heterocycles. The van der Waals surface area contributed by atoms with E-state index in [1.165, 1.54) is 32.2 Å². The Hall–Kier alpha value is -1.94. The predicted molar refractivity (Wildman–Crippen MR) is 73.1 cm³/mol. The highest BCUT2D eigenvalue weighted by Crippen LogP contribution is 2.28. The van der Waals surface area contributed by atoms with Gasteiger partial charge in [-0.25, -0.2) is 0 Å². The third kappa shape index (κ3) is 4.53. The zero-order chi connectivity index (χ0) is 16.2. The largest absolute Gasteiger partial charge is 0.405 e. The zero-order valence-electron chi connectivity index (χ0n) is 11.3. The van der Waals surface area contributed by atoms with Crippen LogP contribution in [0.4, 0.5) is 18.9 Å². The number of likely N-dealkylation sites (N-methyl/N-ethyl adjacent to an activating group) is 1. The topological polar surface area (TPSA) is 56.1 Å². The van der Waals surface area contributed by atoms with Gasteiger partial charge in [0.1, 0.15) is 18.7 Å². The van der Waals surface area contributed by atoms with Crippen LogP contribution >= 0.6 is 11.6 Å². The minimum Gasteiger partial charge on any atom is -0.357 e. The molecule has 1 rings (SSSR count). The van der Waals surface area contributed by atoms with Crippen LogP contribution in [0.3, 0.4) is 0 Å². The fourth-order valence-corrected chi connectivity index (χ4v) is 1.99. The summed E-state index contributed by atoms with van der Waals surface area (Å²) < 4.78 is 38.1. The molecular formula is C13H13ClF3N3O. The van der Waals surface area contributed by atoms with Gasteiger partial charge in [-0.05, 0) is 25.1 Å². The number of rotatable bonds is 4. The molecule has 0 spiro atoms. The van der Waals surface area contributed by atoms with E-state index in [4.69, 9.17) is 16.9 Å². The number of carbonyl (C=O) groups is 1. The molecule has 114 valence electrons. The molecule has 1 aromatic rings. The van der Waals surface area contributed by atoms with Gasteiger partial charge in [0, 0.05) is 12.7 Å². The first-order valence-corrected chi connectivity index (χ1v) is 6.32. The van der Waals surface area contributed by atoms with E-state index in [9.17, 15) is 18.0 Å². The maximum absolute atomic E-state index is 12.7. The van der Waals surface area contributed by atoms with Crippen molar-refractivity contribution in [3.8, 4) is 6.07 Å². The van der Waals surface area contributed by atoms with Crippen LogP contribution in [-0.2, 0) is 4.79 Å². The number of nitrogens with one attached hydrogen (secondary N) is 1. The summed E-state index contributed by atoms with van der Waals surface area (Å²) in [6.07, 6.45) is -4.48. The standard InChI is InChI=1S/C13H13ClF3N3O/c1-8(12(21)19-2)20(7-13(15,16)17)10-4-3-9(6-18)11(14)5-10/h3-5,8H,7H2,1-2H3,(H,19,21). The second-order valence-corrected chi connectivity index (χ2v) is 4.72. The Morgan fingerprint density at radius 1 is 1.52 bits per heavy atom. The molecule has 1 unspecified atom stereocenters. The molecule has 1 atom stereocenters. The lowest BCUT2D eigenvalue weighted by Gasteiger charge is -2.31. The smallest absolute Gasteiger partial charge is 0.357 e. The molecule has 1 aromatic carbocycles. The van der Waals surface area contributed by atoms with Crippen LogP contribution < -0.4 is 10.2 Å². The maximum Gasteiger partial charge on any atom is 0.405 e. The molecule has 0 aliphatic rings. The summed E-state index contributed by atoms with van der Waals surface area (Å²) in [7, 11) is 1.34. The first kappa shape index (κ1) is 17.1. The Morgan fingerprint density at radius 2 is 2.14 bits per heavy atom. The van der Waals surface area contributed by atoms with Gasteiger partial charge in [-0.15, -0.1) is 0 Å². The van der Waals surface area contributed by atoms with Gasteiger partial charge in [-0.1, -0.05) is 11.6 Å². The van der Waals surface area contributed by atoms with E-state index in [1.54, 1.807) is 0 Å². The maximum atomic E-state index is 12.7. The molecule has 0 saturated heterocycles. The first-order chi connectivity index (χ1) is 9.69. The highest BCUT2D eigenvalue weighted by atomic mass is 35.5. The van der Waals surface area contributed by atoms with Gasteiger partial charge < -0.3 is 10.2 Å². The molecule has 0 fully saturated rings. The average molecular weight is 320 g/mol. The van der Waals surface area contributed by atoms with Crippen molar-refractivity contribution in [2.24, 2.45) is 0 Å². The van der Waals surface area contributed by atoms with Gasteiger partial charge in [-0.3, -0.25) is 4.79 Å². The minimum absolute atomic E-state index is 0.0336. The summed E-state index contributed by atoms with van der Waals surface area (Å²) in [5.41, 5.74) is 0.271. The molecule has 1 amide bonds. The molecule has 0 bridgehead atoms. The van der Waals surface area contributed by atoms with Crippen LogP contribution in [0.25, 0.3) is 0 Å². The van der Waals surface area contributed by atoms with E-state index in [2.05, 4.69) is 5.32 Å². The number of benzene rings is 1. The van der Waals surface area contributed by atoms with Crippen LogP contribution in [0, 0.1) is 11.3 Å². The highest BCUT2D eigenvalue weighted by Gasteiger charge is 2.35. The lowest BCUT2D eigenvalue weighted by molar-refractivity contribution is -0.126. The lowest BCUT2D eigenvalue weighted by atomic mass is 10.1. The van der Waals surface area contributed by atoms with Crippen molar-refractivity contribution in [1.82, 2.24) is 5.32 Å². The Balaban J connectivity index is 3.21. The molecule has 21 heavy (non-hydrogen) atoms. The number of amides is 1. The van der Waals surface area contributed by atoms with Gasteiger partial charge in [-0.2, -0.15) is 18.4 Å². The number of alkyl halides is 3. The van der Waals surface area contributed by atoms with Crippen LogP contribution in [0.2, 0.25) is 5.02 Å². The number of hydrogen-bond acceptors (Lipinski definition) is 3. The Bertz CT molecular complexity index is 569. The van der Waals surface area contributed by atoms with Crippen LogP contribution in [-0.4, -0.2) is 31.7 Å². The number of hydrogen-bond donors (Lipinski definition) is 1. The fourth-order valence-electron chi connectivity index (χ4n) is 1.77. The SMILES string of the molecule is CNC(=O)C(C)N(CC(F)(F)F)c1ccc(C#N)c(Cl)c1. The highest BCUT2D eigenvalue weighted by molar-refractivity contribution is 6.32. The molecule has 4 nitrogen and oxygen atoms in total. The summed E-state index contributed by atoms with van der Waals surface area (Å²) >= 11 is 5.83. The number of nitriles is 1. The molecule has 0 aromatic heterocycles. The van der Waals surface area contributed by atoms with E-state index in [0.717, 1.165) is 4.90 Å². The molecular weight excluding hydrogens is 307 g/mol. The van der Waals surface area contributed by atoms with E-state index in [1.807, 2.05) is 6.07 Å². The summed E-state index contributed by atoms with van der Waals surface area (Å²) in [5, 5.41) is 11.1. The van der Waals surface area contributed by atoms with Crippen LogP contribution in [0.15, 0.2) is 18.2 Å². The number of carbonyl (C=O) groups excluding carboxylic acids is 1. The summed E-state index contributed by atoms with van der Waals surface area (Å²) in [6, 6.07) is 4.67. The fraction of sp³-hybridized carbons (Fsp3) is 0.385. The van der Waals surface area contributed by atoms with Crippen LogP contribution in [0.5, 0.6) is 0 Å². The molecule has 0 radical (unpaired) electrons. The number of nitrogens with zero attached hydrogens (tertiary/aromatic N) is 2. The number of halogens is 4. The Morgan fingerprint density at radius 3 is 2.57 bits per heavy atom. The van der Waals surface area contributed by atoms with Gasteiger partial charge in [0.15, 0.2) is 0 Å². The zero-order valence-corrected chi connectivity index (χ0v) is 12.1. The molecule has 0 aliphatic carbocycles.